The minimum absolute atomic E-state index is 0. The van der Waals surface area contributed by atoms with Crippen LogP contribution in [0.3, 0.4) is 0 Å². The molecular weight excluding hydrogens is 316 g/mol. The number of benzene rings is 1. The summed E-state index contributed by atoms with van der Waals surface area (Å²) in [6, 6.07) is 6.69. The number of hydrogen-bond acceptors (Lipinski definition) is 5. The molecule has 0 aliphatic heterocycles. The number of likely N-dealkylation sites (N-methyl/N-ethyl adjacent to an activating group) is 1. The van der Waals surface area contributed by atoms with Crippen LogP contribution in [0.25, 0.3) is 0 Å². The van der Waals surface area contributed by atoms with E-state index in [4.69, 9.17) is 4.52 Å². The molecule has 122 valence electrons. The van der Waals surface area contributed by atoms with Crippen LogP contribution >= 0.6 is 12.4 Å². The van der Waals surface area contributed by atoms with Crippen LogP contribution < -0.4 is 10.1 Å². The van der Waals surface area contributed by atoms with Gasteiger partial charge in [-0.05, 0) is 31.7 Å². The molecule has 0 spiro atoms. The second-order valence-corrected chi connectivity index (χ2v) is 4.70. The number of rotatable bonds is 7. The van der Waals surface area contributed by atoms with Crippen molar-refractivity contribution in [1.82, 2.24) is 15.5 Å². The molecule has 0 aliphatic rings. The van der Waals surface area contributed by atoms with Crippen LogP contribution in [0, 0.1) is 0 Å². The molecule has 2 rings (SSSR count). The van der Waals surface area contributed by atoms with Gasteiger partial charge < -0.3 is 14.6 Å². The van der Waals surface area contributed by atoms with Crippen LogP contribution in [0.15, 0.2) is 28.8 Å². The van der Waals surface area contributed by atoms with Gasteiger partial charge in [-0.2, -0.15) is 13.8 Å². The third kappa shape index (κ3) is 5.57. The third-order valence-electron chi connectivity index (χ3n) is 2.97. The molecule has 1 unspecified atom stereocenters. The van der Waals surface area contributed by atoms with E-state index < -0.39 is 6.61 Å². The van der Waals surface area contributed by atoms with Gasteiger partial charge in [0.1, 0.15) is 5.75 Å². The van der Waals surface area contributed by atoms with Crippen molar-refractivity contribution < 1.29 is 18.0 Å². The molecule has 1 N–H and O–H groups in total. The second kappa shape index (κ2) is 8.65. The largest absolute Gasteiger partial charge is 0.435 e. The van der Waals surface area contributed by atoms with Gasteiger partial charge in [0, 0.05) is 12.5 Å². The van der Waals surface area contributed by atoms with Crippen LogP contribution in [0.4, 0.5) is 8.78 Å². The van der Waals surface area contributed by atoms with Crippen LogP contribution in [0.5, 0.6) is 5.75 Å². The van der Waals surface area contributed by atoms with Gasteiger partial charge in [-0.15, -0.1) is 12.4 Å². The molecule has 22 heavy (non-hydrogen) atoms. The maximum absolute atomic E-state index is 12.2. The zero-order chi connectivity index (χ0) is 15.2. The lowest BCUT2D eigenvalue weighted by atomic mass is 10.1. The van der Waals surface area contributed by atoms with E-state index in [9.17, 15) is 8.78 Å². The van der Waals surface area contributed by atoms with E-state index in [0.29, 0.717) is 24.6 Å². The van der Waals surface area contributed by atoms with Crippen molar-refractivity contribution in [2.75, 3.05) is 7.05 Å². The predicted molar refractivity (Wildman–Crippen MR) is 79.7 cm³/mol. The summed E-state index contributed by atoms with van der Waals surface area (Å²) < 4.78 is 33.9. The lowest BCUT2D eigenvalue weighted by Gasteiger charge is -2.05. The standard InChI is InChI=1S/C14H17F2N3O2.ClH/c1-9(17-2)6-12-18-13(21-19-12)8-10-4-3-5-11(7-10)20-14(15)16;/h3-5,7,9,14,17H,6,8H2,1-2H3;1H. The average molecular weight is 334 g/mol. The minimum atomic E-state index is -2.83. The highest BCUT2D eigenvalue weighted by Crippen LogP contribution is 2.18. The first-order chi connectivity index (χ1) is 10.1. The molecule has 0 amide bonds. The van der Waals surface area contributed by atoms with Crippen molar-refractivity contribution in [3.8, 4) is 5.75 Å². The molecule has 0 saturated heterocycles. The van der Waals surface area contributed by atoms with Crippen molar-refractivity contribution in [3.05, 3.63) is 41.5 Å². The minimum Gasteiger partial charge on any atom is -0.435 e. The predicted octanol–water partition coefficient (Wildman–Crippen LogP) is 2.83. The summed E-state index contributed by atoms with van der Waals surface area (Å²) in [6.07, 6.45) is 1.04. The summed E-state index contributed by atoms with van der Waals surface area (Å²) >= 11 is 0. The van der Waals surface area contributed by atoms with E-state index in [2.05, 4.69) is 20.2 Å². The number of alkyl halides is 2. The van der Waals surface area contributed by atoms with Crippen LogP contribution in [-0.4, -0.2) is 29.8 Å². The number of halogens is 3. The Labute approximate surface area is 133 Å². The van der Waals surface area contributed by atoms with Gasteiger partial charge in [-0.1, -0.05) is 17.3 Å². The van der Waals surface area contributed by atoms with E-state index in [-0.39, 0.29) is 24.2 Å². The molecule has 1 heterocycles. The van der Waals surface area contributed by atoms with Crippen molar-refractivity contribution in [1.29, 1.82) is 0 Å². The quantitative estimate of drug-likeness (QED) is 0.844. The molecule has 1 atom stereocenters. The summed E-state index contributed by atoms with van der Waals surface area (Å²) in [5, 5.41) is 6.98. The first-order valence-corrected chi connectivity index (χ1v) is 6.59. The molecule has 0 saturated carbocycles. The topological polar surface area (TPSA) is 60.2 Å². The molecule has 0 bridgehead atoms. The van der Waals surface area contributed by atoms with E-state index in [1.54, 1.807) is 12.1 Å². The maximum Gasteiger partial charge on any atom is 0.387 e. The van der Waals surface area contributed by atoms with Crippen molar-refractivity contribution in [3.63, 3.8) is 0 Å². The van der Waals surface area contributed by atoms with Crippen LogP contribution in [-0.2, 0) is 12.8 Å². The van der Waals surface area contributed by atoms with Gasteiger partial charge in [0.25, 0.3) is 0 Å². The lowest BCUT2D eigenvalue weighted by Crippen LogP contribution is -2.24. The highest BCUT2D eigenvalue weighted by molar-refractivity contribution is 5.85. The fourth-order valence-electron chi connectivity index (χ4n) is 1.83. The van der Waals surface area contributed by atoms with E-state index in [1.165, 1.54) is 12.1 Å². The molecule has 2 aromatic rings. The van der Waals surface area contributed by atoms with Gasteiger partial charge in [0.05, 0.1) is 6.42 Å². The molecule has 0 aliphatic carbocycles. The van der Waals surface area contributed by atoms with Gasteiger partial charge in [0.15, 0.2) is 5.82 Å². The third-order valence-corrected chi connectivity index (χ3v) is 2.97. The Balaban J connectivity index is 0.00000242. The van der Waals surface area contributed by atoms with E-state index in [0.717, 1.165) is 5.56 Å². The monoisotopic (exact) mass is 333 g/mol. The summed E-state index contributed by atoms with van der Waals surface area (Å²) in [5.74, 6) is 1.18. The van der Waals surface area contributed by atoms with E-state index >= 15 is 0 Å². The number of nitrogens with zero attached hydrogens (tertiary/aromatic N) is 2. The van der Waals surface area contributed by atoms with Gasteiger partial charge in [0.2, 0.25) is 5.89 Å². The zero-order valence-corrected chi connectivity index (χ0v) is 13.1. The maximum atomic E-state index is 12.2. The Morgan fingerprint density at radius 3 is 2.82 bits per heavy atom. The molecule has 1 aromatic carbocycles. The molecule has 0 radical (unpaired) electrons. The Kier molecular flexibility index (Phi) is 7.20. The van der Waals surface area contributed by atoms with Crippen molar-refractivity contribution in [2.45, 2.75) is 32.4 Å². The summed E-state index contributed by atoms with van der Waals surface area (Å²) in [5.41, 5.74) is 0.769. The normalized spacial score (nSPS) is 12.0. The number of hydrogen-bond donors (Lipinski definition) is 1. The fraction of sp³-hybridized carbons (Fsp3) is 0.429. The average Bonchev–Trinajstić information content (AvgIpc) is 2.85. The Bertz CT molecular complexity index is 581. The lowest BCUT2D eigenvalue weighted by molar-refractivity contribution is -0.0498. The first-order valence-electron chi connectivity index (χ1n) is 6.59. The first kappa shape index (κ1) is 18.3. The van der Waals surface area contributed by atoms with Gasteiger partial charge in [-0.3, -0.25) is 0 Å². The summed E-state index contributed by atoms with van der Waals surface area (Å²) in [7, 11) is 1.86. The Morgan fingerprint density at radius 1 is 1.36 bits per heavy atom. The summed E-state index contributed by atoms with van der Waals surface area (Å²) in [6.45, 7) is -0.820. The van der Waals surface area contributed by atoms with Gasteiger partial charge >= 0.3 is 6.61 Å². The molecule has 0 fully saturated rings. The van der Waals surface area contributed by atoms with Crippen molar-refractivity contribution >= 4 is 12.4 Å². The number of aromatic nitrogens is 2. The zero-order valence-electron chi connectivity index (χ0n) is 12.3. The number of ether oxygens (including phenoxy) is 1. The Hall–Kier alpha value is -1.73. The molecule has 5 nitrogen and oxygen atoms in total. The Morgan fingerprint density at radius 2 is 2.14 bits per heavy atom. The molecular formula is C14H18ClF2N3O2. The fourth-order valence-corrected chi connectivity index (χ4v) is 1.83. The second-order valence-electron chi connectivity index (χ2n) is 4.70. The smallest absolute Gasteiger partial charge is 0.387 e. The highest BCUT2D eigenvalue weighted by atomic mass is 35.5. The van der Waals surface area contributed by atoms with Crippen molar-refractivity contribution in [2.24, 2.45) is 0 Å². The highest BCUT2D eigenvalue weighted by Gasteiger charge is 2.11. The van der Waals surface area contributed by atoms with E-state index in [1.807, 2.05) is 14.0 Å². The molecule has 1 aromatic heterocycles. The van der Waals surface area contributed by atoms with Gasteiger partial charge in [-0.25, -0.2) is 0 Å². The van der Waals surface area contributed by atoms with Crippen LogP contribution in [0.1, 0.15) is 24.2 Å². The number of nitrogens with one attached hydrogen (secondary N) is 1. The molecule has 8 heteroatoms. The SMILES string of the molecule is CNC(C)Cc1noc(Cc2cccc(OC(F)F)c2)n1.Cl. The van der Waals surface area contributed by atoms with Crippen LogP contribution in [0.2, 0.25) is 0 Å². The summed E-state index contributed by atoms with van der Waals surface area (Å²) in [4.78, 5) is 4.28.